The minimum atomic E-state index is -1.17. The van der Waals surface area contributed by atoms with Gasteiger partial charge in [0.1, 0.15) is 23.2 Å². The van der Waals surface area contributed by atoms with E-state index in [2.05, 4.69) is 5.32 Å². The van der Waals surface area contributed by atoms with Crippen LogP contribution in [0.15, 0.2) is 10.7 Å². The van der Waals surface area contributed by atoms with Crippen molar-refractivity contribution in [2.75, 3.05) is 17.3 Å². The molecule has 0 radical (unpaired) electrons. The van der Waals surface area contributed by atoms with Gasteiger partial charge in [0.05, 0.1) is 0 Å². The molecule has 2 aliphatic rings. The summed E-state index contributed by atoms with van der Waals surface area (Å²) in [6, 6.07) is 0. The highest BCUT2D eigenvalue weighted by Gasteiger charge is 2.49. The number of rotatable bonds is 1. The molecule has 2 N–H and O–H groups in total. The molecule has 18 heavy (non-hydrogen) atoms. The maximum Gasteiger partial charge on any atom is 0.374 e. The maximum absolute atomic E-state index is 12.3. The Balaban J connectivity index is 2.10. The second-order valence-corrected chi connectivity index (χ2v) is 4.88. The van der Waals surface area contributed by atoms with Gasteiger partial charge < -0.3 is 19.7 Å². The van der Waals surface area contributed by atoms with Crippen LogP contribution in [0.2, 0.25) is 0 Å². The van der Waals surface area contributed by atoms with Crippen molar-refractivity contribution >= 4 is 23.3 Å². The van der Waals surface area contributed by atoms with Crippen LogP contribution in [0.3, 0.4) is 0 Å². The van der Waals surface area contributed by atoms with E-state index in [0.29, 0.717) is 5.69 Å². The molecule has 1 aliphatic heterocycles. The summed E-state index contributed by atoms with van der Waals surface area (Å²) in [6.07, 6.45) is 5.01. The lowest BCUT2D eigenvalue weighted by atomic mass is 9.91. The lowest BCUT2D eigenvalue weighted by Crippen LogP contribution is -2.56. The number of carbonyl (C=O) groups excluding carboxylic acids is 1. The number of nitrogens with zero attached hydrogens (tertiary/aromatic N) is 1. The third-order valence-corrected chi connectivity index (χ3v) is 4.06. The summed E-state index contributed by atoms with van der Waals surface area (Å²) < 4.78 is 5.04. The molecule has 1 aliphatic carbocycles. The fraction of sp³-hybridized carbons (Fsp3) is 0.500. The van der Waals surface area contributed by atoms with Crippen molar-refractivity contribution in [3.05, 3.63) is 12.0 Å². The number of carboxylic acids is 1. The Kier molecular flexibility index (Phi) is 2.17. The number of hydrogen-bond donors (Lipinski definition) is 2. The molecule has 1 aromatic heterocycles. The highest BCUT2D eigenvalue weighted by Crippen LogP contribution is 2.46. The van der Waals surface area contributed by atoms with Gasteiger partial charge >= 0.3 is 5.97 Å². The quantitative estimate of drug-likeness (QED) is 0.792. The lowest BCUT2D eigenvalue weighted by Gasteiger charge is -2.41. The molecule has 0 bridgehead atoms. The van der Waals surface area contributed by atoms with Crippen molar-refractivity contribution in [1.29, 1.82) is 0 Å². The maximum atomic E-state index is 12.3. The molecule has 0 aromatic carbocycles. The molecule has 1 saturated carbocycles. The molecule has 6 heteroatoms. The van der Waals surface area contributed by atoms with Crippen molar-refractivity contribution in [3.63, 3.8) is 0 Å². The van der Waals surface area contributed by atoms with Crippen LogP contribution < -0.4 is 10.2 Å². The molecule has 3 rings (SSSR count). The van der Waals surface area contributed by atoms with Gasteiger partial charge in [0.15, 0.2) is 0 Å². The Bertz CT molecular complexity index is 528. The van der Waals surface area contributed by atoms with Crippen LogP contribution in [-0.4, -0.2) is 29.6 Å². The van der Waals surface area contributed by atoms with Crippen LogP contribution in [0.4, 0.5) is 11.4 Å². The molecular formula is C12H14N2O4. The zero-order valence-electron chi connectivity index (χ0n) is 10.0. The van der Waals surface area contributed by atoms with Crippen molar-refractivity contribution < 1.29 is 19.1 Å². The van der Waals surface area contributed by atoms with Gasteiger partial charge in [-0.15, -0.1) is 0 Å². The third-order valence-electron chi connectivity index (χ3n) is 4.06. The second kappa shape index (κ2) is 3.51. The van der Waals surface area contributed by atoms with Crippen LogP contribution >= 0.6 is 0 Å². The standard InChI is InChI=1S/C12H14N2O4/c1-14-7-6-18-9(10(15)16)8(7)13-11(17)12(14)4-2-3-5-12/h6H,2-5H2,1H3,(H,13,17)(H,15,16). The third kappa shape index (κ3) is 1.23. The fourth-order valence-corrected chi connectivity index (χ4v) is 3.01. The van der Waals surface area contributed by atoms with Crippen LogP contribution in [0.1, 0.15) is 36.2 Å². The predicted octanol–water partition coefficient (Wildman–Crippen LogP) is 1.68. The summed E-state index contributed by atoms with van der Waals surface area (Å²) in [5.41, 5.74) is 0.383. The first kappa shape index (κ1) is 11.1. The fourth-order valence-electron chi connectivity index (χ4n) is 3.01. The summed E-state index contributed by atoms with van der Waals surface area (Å²) in [5, 5.41) is 11.7. The normalized spacial score (nSPS) is 20.9. The van der Waals surface area contributed by atoms with Gasteiger partial charge in [0.2, 0.25) is 11.7 Å². The van der Waals surface area contributed by atoms with E-state index in [9.17, 15) is 9.59 Å². The Hall–Kier alpha value is -1.98. The van der Waals surface area contributed by atoms with Crippen LogP contribution in [0.5, 0.6) is 0 Å². The van der Waals surface area contributed by atoms with Crippen molar-refractivity contribution in [3.8, 4) is 0 Å². The molecule has 1 fully saturated rings. The SMILES string of the molecule is CN1c2coc(C(=O)O)c2NC(=O)C12CCCC2. The Morgan fingerprint density at radius 1 is 1.50 bits per heavy atom. The number of aromatic carboxylic acids is 1. The highest BCUT2D eigenvalue weighted by molar-refractivity contribution is 6.10. The molecule has 96 valence electrons. The number of carbonyl (C=O) groups is 2. The van der Waals surface area contributed by atoms with E-state index in [1.807, 2.05) is 11.9 Å². The number of amides is 1. The number of carboxylic acid groups (broad SMARTS) is 1. The molecule has 0 unspecified atom stereocenters. The first-order valence-corrected chi connectivity index (χ1v) is 5.96. The second-order valence-electron chi connectivity index (χ2n) is 4.88. The number of anilines is 2. The summed E-state index contributed by atoms with van der Waals surface area (Å²) >= 11 is 0. The van der Waals surface area contributed by atoms with Crippen LogP contribution in [0.25, 0.3) is 0 Å². The van der Waals surface area contributed by atoms with E-state index >= 15 is 0 Å². The largest absolute Gasteiger partial charge is 0.475 e. The van der Waals surface area contributed by atoms with Gasteiger partial charge in [-0.05, 0) is 12.8 Å². The predicted molar refractivity (Wildman–Crippen MR) is 63.9 cm³/mol. The topological polar surface area (TPSA) is 82.8 Å². The van der Waals surface area contributed by atoms with Crippen molar-refractivity contribution in [2.45, 2.75) is 31.2 Å². The average molecular weight is 250 g/mol. The molecule has 1 aromatic rings. The van der Waals surface area contributed by atoms with Crippen molar-refractivity contribution in [2.24, 2.45) is 0 Å². The molecule has 2 heterocycles. The molecular weight excluding hydrogens is 236 g/mol. The van der Waals surface area contributed by atoms with E-state index < -0.39 is 11.5 Å². The van der Waals surface area contributed by atoms with Crippen LogP contribution in [0, 0.1) is 0 Å². The number of furan rings is 1. The molecule has 6 nitrogen and oxygen atoms in total. The molecule has 0 saturated heterocycles. The summed E-state index contributed by atoms with van der Waals surface area (Å²) in [7, 11) is 1.82. The van der Waals surface area contributed by atoms with E-state index in [0.717, 1.165) is 25.7 Å². The number of nitrogens with one attached hydrogen (secondary N) is 1. The highest BCUT2D eigenvalue weighted by atomic mass is 16.4. The van der Waals surface area contributed by atoms with Crippen molar-refractivity contribution in [1.82, 2.24) is 0 Å². The minimum absolute atomic E-state index is 0.126. The van der Waals surface area contributed by atoms with E-state index in [4.69, 9.17) is 9.52 Å². The summed E-state index contributed by atoms with van der Waals surface area (Å²) in [5.74, 6) is -1.51. The van der Waals surface area contributed by atoms with Gasteiger partial charge in [0.25, 0.3) is 0 Å². The number of fused-ring (bicyclic) bond motifs is 1. The van der Waals surface area contributed by atoms with E-state index in [-0.39, 0.29) is 17.4 Å². The Morgan fingerprint density at radius 3 is 2.78 bits per heavy atom. The summed E-state index contributed by atoms with van der Waals surface area (Å²) in [4.78, 5) is 25.1. The van der Waals surface area contributed by atoms with Crippen LogP contribution in [-0.2, 0) is 4.79 Å². The molecule has 1 spiro atoms. The van der Waals surface area contributed by atoms with Gasteiger partial charge in [-0.1, -0.05) is 12.8 Å². The first-order chi connectivity index (χ1) is 8.56. The number of hydrogen-bond acceptors (Lipinski definition) is 4. The molecule has 1 amide bonds. The smallest absolute Gasteiger partial charge is 0.374 e. The van der Waals surface area contributed by atoms with Gasteiger partial charge in [-0.3, -0.25) is 4.79 Å². The average Bonchev–Trinajstić information content (AvgIpc) is 2.93. The number of likely N-dealkylation sites (N-methyl/N-ethyl adjacent to an activating group) is 1. The van der Waals surface area contributed by atoms with E-state index in [1.54, 1.807) is 0 Å². The monoisotopic (exact) mass is 250 g/mol. The molecule has 0 atom stereocenters. The zero-order chi connectivity index (χ0) is 12.9. The van der Waals surface area contributed by atoms with Gasteiger partial charge in [0, 0.05) is 7.05 Å². The lowest BCUT2D eigenvalue weighted by molar-refractivity contribution is -0.121. The van der Waals surface area contributed by atoms with Gasteiger partial charge in [-0.2, -0.15) is 0 Å². The Morgan fingerprint density at radius 2 is 2.17 bits per heavy atom. The minimum Gasteiger partial charge on any atom is -0.475 e. The van der Waals surface area contributed by atoms with Gasteiger partial charge in [-0.25, -0.2) is 4.79 Å². The first-order valence-electron chi connectivity index (χ1n) is 5.96. The summed E-state index contributed by atoms with van der Waals surface area (Å²) in [6.45, 7) is 0. The Labute approximate surface area is 104 Å². The van der Waals surface area contributed by atoms with E-state index in [1.165, 1.54) is 6.26 Å². The zero-order valence-corrected chi connectivity index (χ0v) is 10.0.